The fraction of sp³-hybridized carbons (Fsp3) is 1.00. The van der Waals surface area contributed by atoms with E-state index in [9.17, 15) is 0 Å². The molecule has 0 aromatic rings. The standard InChI is InChI=1S/C18H38N2/c1-16(2)18(6,7)9-8-10-19-11-13-20(14-12-19)15-17(3,4)5/h16H,8-15H2,1-7H3. The van der Waals surface area contributed by atoms with Gasteiger partial charge in [-0.2, -0.15) is 0 Å². The van der Waals surface area contributed by atoms with E-state index in [4.69, 9.17) is 0 Å². The van der Waals surface area contributed by atoms with Gasteiger partial charge in [-0.3, -0.25) is 0 Å². The first kappa shape index (κ1) is 18.0. The quantitative estimate of drug-likeness (QED) is 0.723. The van der Waals surface area contributed by atoms with Crippen LogP contribution in [-0.2, 0) is 0 Å². The molecule has 0 aromatic heterocycles. The molecule has 2 nitrogen and oxygen atoms in total. The zero-order chi connectivity index (χ0) is 15.4. The molecule has 0 N–H and O–H groups in total. The molecule has 1 fully saturated rings. The van der Waals surface area contributed by atoms with Gasteiger partial charge in [-0.1, -0.05) is 48.5 Å². The average molecular weight is 283 g/mol. The lowest BCUT2D eigenvalue weighted by molar-refractivity contribution is 0.0970. The maximum atomic E-state index is 2.66. The van der Waals surface area contributed by atoms with Crippen molar-refractivity contribution in [1.29, 1.82) is 0 Å². The van der Waals surface area contributed by atoms with Gasteiger partial charge in [0.05, 0.1) is 0 Å². The van der Waals surface area contributed by atoms with Crippen molar-refractivity contribution < 1.29 is 0 Å². The minimum Gasteiger partial charge on any atom is -0.301 e. The predicted molar refractivity (Wildman–Crippen MR) is 90.2 cm³/mol. The molecule has 2 heteroatoms. The van der Waals surface area contributed by atoms with Crippen molar-refractivity contribution >= 4 is 0 Å². The first-order chi connectivity index (χ1) is 9.10. The summed E-state index contributed by atoms with van der Waals surface area (Å²) >= 11 is 0. The van der Waals surface area contributed by atoms with Crippen LogP contribution in [0.25, 0.3) is 0 Å². The Morgan fingerprint density at radius 3 is 1.80 bits per heavy atom. The summed E-state index contributed by atoms with van der Waals surface area (Å²) in [5.74, 6) is 0.783. The molecule has 0 radical (unpaired) electrons. The molecule has 120 valence electrons. The lowest BCUT2D eigenvalue weighted by atomic mass is 9.77. The summed E-state index contributed by atoms with van der Waals surface area (Å²) in [6.45, 7) is 24.1. The first-order valence-corrected chi connectivity index (χ1v) is 8.55. The van der Waals surface area contributed by atoms with Crippen LogP contribution in [0, 0.1) is 16.7 Å². The van der Waals surface area contributed by atoms with Crippen LogP contribution in [0.4, 0.5) is 0 Å². The summed E-state index contributed by atoms with van der Waals surface area (Å²) < 4.78 is 0. The van der Waals surface area contributed by atoms with Crippen molar-refractivity contribution in [1.82, 2.24) is 9.80 Å². The molecule has 1 saturated heterocycles. The second kappa shape index (κ2) is 7.26. The molecule has 1 aliphatic rings. The van der Waals surface area contributed by atoms with Crippen LogP contribution in [0.3, 0.4) is 0 Å². The third-order valence-electron chi connectivity index (χ3n) is 5.02. The second-order valence-corrected chi connectivity index (χ2v) is 8.93. The molecule has 1 aliphatic heterocycles. The highest BCUT2D eigenvalue weighted by molar-refractivity contribution is 4.77. The van der Waals surface area contributed by atoms with Gasteiger partial charge in [0.25, 0.3) is 0 Å². The van der Waals surface area contributed by atoms with Crippen LogP contribution in [0.5, 0.6) is 0 Å². The van der Waals surface area contributed by atoms with Gasteiger partial charge < -0.3 is 9.80 Å². The van der Waals surface area contributed by atoms with E-state index < -0.39 is 0 Å². The minimum absolute atomic E-state index is 0.434. The average Bonchev–Trinajstić information content (AvgIpc) is 2.29. The van der Waals surface area contributed by atoms with Gasteiger partial charge in [-0.15, -0.1) is 0 Å². The second-order valence-electron chi connectivity index (χ2n) is 8.93. The topological polar surface area (TPSA) is 6.48 Å². The third kappa shape index (κ3) is 6.58. The molecular formula is C18H38N2. The summed E-state index contributed by atoms with van der Waals surface area (Å²) in [6, 6.07) is 0. The first-order valence-electron chi connectivity index (χ1n) is 8.55. The molecule has 0 spiro atoms. The molecule has 1 rings (SSSR count). The minimum atomic E-state index is 0.434. The van der Waals surface area contributed by atoms with E-state index in [-0.39, 0.29) is 0 Å². The summed E-state index contributed by atoms with van der Waals surface area (Å²) in [5, 5.41) is 0. The van der Waals surface area contributed by atoms with Gasteiger partial charge in [0.15, 0.2) is 0 Å². The highest BCUT2D eigenvalue weighted by atomic mass is 15.3. The van der Waals surface area contributed by atoms with Gasteiger partial charge >= 0.3 is 0 Å². The zero-order valence-electron chi connectivity index (χ0n) is 15.1. The van der Waals surface area contributed by atoms with Gasteiger partial charge in [0, 0.05) is 32.7 Å². The van der Waals surface area contributed by atoms with Gasteiger partial charge in [-0.05, 0) is 36.1 Å². The van der Waals surface area contributed by atoms with Crippen molar-refractivity contribution in [2.24, 2.45) is 16.7 Å². The van der Waals surface area contributed by atoms with E-state index in [1.807, 2.05) is 0 Å². The molecule has 0 atom stereocenters. The van der Waals surface area contributed by atoms with Crippen LogP contribution in [0.15, 0.2) is 0 Å². The zero-order valence-corrected chi connectivity index (χ0v) is 15.1. The maximum absolute atomic E-state index is 2.66. The lowest BCUT2D eigenvalue weighted by Gasteiger charge is -2.38. The summed E-state index contributed by atoms with van der Waals surface area (Å²) in [6.07, 6.45) is 2.71. The fourth-order valence-electron chi connectivity index (χ4n) is 2.89. The van der Waals surface area contributed by atoms with Crippen molar-refractivity contribution in [3.05, 3.63) is 0 Å². The molecule has 0 aromatic carbocycles. The lowest BCUT2D eigenvalue weighted by Crippen LogP contribution is -2.48. The largest absolute Gasteiger partial charge is 0.301 e. The van der Waals surface area contributed by atoms with Crippen LogP contribution in [-0.4, -0.2) is 49.1 Å². The van der Waals surface area contributed by atoms with Crippen LogP contribution in [0.1, 0.15) is 61.3 Å². The summed E-state index contributed by atoms with van der Waals surface area (Å²) in [4.78, 5) is 5.30. The highest BCUT2D eigenvalue weighted by Gasteiger charge is 2.24. The molecule has 20 heavy (non-hydrogen) atoms. The Balaban J connectivity index is 2.20. The molecular weight excluding hydrogens is 244 g/mol. The molecule has 0 amide bonds. The predicted octanol–water partition coefficient (Wildman–Crippen LogP) is 4.11. The molecule has 0 unspecified atom stereocenters. The Hall–Kier alpha value is -0.0800. The molecule has 0 saturated carbocycles. The van der Waals surface area contributed by atoms with Crippen LogP contribution in [0.2, 0.25) is 0 Å². The maximum Gasteiger partial charge on any atom is 0.0110 e. The number of piperazine rings is 1. The van der Waals surface area contributed by atoms with Gasteiger partial charge in [-0.25, -0.2) is 0 Å². The van der Waals surface area contributed by atoms with E-state index >= 15 is 0 Å². The smallest absolute Gasteiger partial charge is 0.0110 e. The Labute approximate surface area is 127 Å². The van der Waals surface area contributed by atoms with Crippen molar-refractivity contribution in [2.45, 2.75) is 61.3 Å². The third-order valence-corrected chi connectivity index (χ3v) is 5.02. The number of nitrogens with zero attached hydrogens (tertiary/aromatic N) is 2. The van der Waals surface area contributed by atoms with Crippen LogP contribution >= 0.6 is 0 Å². The Morgan fingerprint density at radius 2 is 1.35 bits per heavy atom. The molecule has 1 heterocycles. The van der Waals surface area contributed by atoms with Crippen molar-refractivity contribution in [3.8, 4) is 0 Å². The highest BCUT2D eigenvalue weighted by Crippen LogP contribution is 2.31. The van der Waals surface area contributed by atoms with Crippen molar-refractivity contribution in [2.75, 3.05) is 39.3 Å². The fourth-order valence-corrected chi connectivity index (χ4v) is 2.89. The van der Waals surface area contributed by atoms with Gasteiger partial charge in [0.1, 0.15) is 0 Å². The summed E-state index contributed by atoms with van der Waals surface area (Å²) in [7, 11) is 0. The Bertz CT molecular complexity index is 268. The Morgan fingerprint density at radius 1 is 0.850 bits per heavy atom. The van der Waals surface area contributed by atoms with E-state index in [2.05, 4.69) is 58.3 Å². The monoisotopic (exact) mass is 282 g/mol. The van der Waals surface area contributed by atoms with E-state index in [0.717, 1.165) is 5.92 Å². The molecule has 0 aliphatic carbocycles. The van der Waals surface area contributed by atoms with Crippen molar-refractivity contribution in [3.63, 3.8) is 0 Å². The van der Waals surface area contributed by atoms with E-state index in [0.29, 0.717) is 10.8 Å². The number of hydrogen-bond acceptors (Lipinski definition) is 2. The van der Waals surface area contributed by atoms with E-state index in [1.54, 1.807) is 0 Å². The van der Waals surface area contributed by atoms with Gasteiger partial charge in [0.2, 0.25) is 0 Å². The van der Waals surface area contributed by atoms with E-state index in [1.165, 1.54) is 52.1 Å². The SMILES string of the molecule is CC(C)C(C)(C)CCCN1CCN(CC(C)(C)C)CC1. The molecule has 0 bridgehead atoms. The summed E-state index contributed by atoms with van der Waals surface area (Å²) in [5.41, 5.74) is 0.928. The Kier molecular flexibility index (Phi) is 6.53. The number of hydrogen-bond donors (Lipinski definition) is 0. The van der Waals surface area contributed by atoms with Crippen LogP contribution < -0.4 is 0 Å². The number of rotatable bonds is 6. The normalized spacial score (nSPS) is 19.8.